The third-order valence-electron chi connectivity index (χ3n) is 3.51. The minimum absolute atomic E-state index is 0.0821. The molecule has 1 fully saturated rings. The molecule has 2 N–H and O–H groups in total. The Bertz CT molecular complexity index is 665. The van der Waals surface area contributed by atoms with Crippen LogP contribution in [0.2, 0.25) is 5.02 Å². The largest absolute Gasteiger partial charge is 0.368 e. The molecule has 0 unspecified atom stereocenters. The summed E-state index contributed by atoms with van der Waals surface area (Å²) >= 11 is 5.93. The van der Waals surface area contributed by atoms with Gasteiger partial charge in [-0.2, -0.15) is 5.10 Å². The fourth-order valence-electron chi connectivity index (χ4n) is 2.45. The second-order valence-electron chi connectivity index (χ2n) is 5.04. The maximum Gasteiger partial charge on any atom is 0.224 e. The standard InChI is InChI=1S/C14H14ClFN4O2/c15-10-6-9(16)2-1-8(10)5-12(21)19-11-3-4-22-13(11)14-17-7-18-20-14/h1-2,6-7,11,13H,3-5H2,(H,19,21)(H,17,18,20)/t11-,13+/m0/s1. The van der Waals surface area contributed by atoms with Crippen molar-refractivity contribution in [1.82, 2.24) is 20.5 Å². The number of hydrogen-bond acceptors (Lipinski definition) is 4. The lowest BCUT2D eigenvalue weighted by atomic mass is 10.1. The number of rotatable bonds is 4. The molecule has 6 nitrogen and oxygen atoms in total. The number of aromatic nitrogens is 3. The highest BCUT2D eigenvalue weighted by Gasteiger charge is 2.32. The monoisotopic (exact) mass is 324 g/mol. The van der Waals surface area contributed by atoms with Gasteiger partial charge in [-0.15, -0.1) is 0 Å². The van der Waals surface area contributed by atoms with Crippen LogP contribution in [0.15, 0.2) is 24.5 Å². The van der Waals surface area contributed by atoms with Gasteiger partial charge in [-0.3, -0.25) is 9.89 Å². The number of aromatic amines is 1. The molecule has 3 rings (SSSR count). The van der Waals surface area contributed by atoms with Crippen LogP contribution >= 0.6 is 11.6 Å². The van der Waals surface area contributed by atoms with Crippen molar-refractivity contribution in [2.45, 2.75) is 25.0 Å². The predicted molar refractivity (Wildman–Crippen MR) is 76.7 cm³/mol. The van der Waals surface area contributed by atoms with Crippen molar-refractivity contribution < 1.29 is 13.9 Å². The SMILES string of the molecule is O=C(Cc1ccc(F)cc1Cl)N[C@H]1CCO[C@H]1c1ncn[nH]1. The van der Waals surface area contributed by atoms with Gasteiger partial charge in [-0.1, -0.05) is 17.7 Å². The van der Waals surface area contributed by atoms with E-state index in [-0.39, 0.29) is 29.5 Å². The molecule has 0 radical (unpaired) electrons. The van der Waals surface area contributed by atoms with Crippen LogP contribution in [0.25, 0.3) is 0 Å². The van der Waals surface area contributed by atoms with Crippen molar-refractivity contribution in [3.8, 4) is 0 Å². The Balaban J connectivity index is 1.64. The van der Waals surface area contributed by atoms with Gasteiger partial charge in [0.05, 0.1) is 12.5 Å². The summed E-state index contributed by atoms with van der Waals surface area (Å²) in [6.45, 7) is 0.535. The molecule has 2 atom stereocenters. The molecule has 0 spiro atoms. The molecule has 0 aliphatic carbocycles. The van der Waals surface area contributed by atoms with Gasteiger partial charge in [0.1, 0.15) is 18.2 Å². The van der Waals surface area contributed by atoms with E-state index in [0.717, 1.165) is 0 Å². The number of nitrogens with one attached hydrogen (secondary N) is 2. The van der Waals surface area contributed by atoms with Gasteiger partial charge in [-0.05, 0) is 24.1 Å². The summed E-state index contributed by atoms with van der Waals surface area (Å²) in [6, 6.07) is 3.81. The fourth-order valence-corrected chi connectivity index (χ4v) is 2.69. The zero-order valence-electron chi connectivity index (χ0n) is 11.6. The fraction of sp³-hybridized carbons (Fsp3) is 0.357. The van der Waals surface area contributed by atoms with E-state index in [4.69, 9.17) is 16.3 Å². The number of ether oxygens (including phenoxy) is 1. The maximum absolute atomic E-state index is 13.0. The predicted octanol–water partition coefficient (Wildman–Crippen LogP) is 1.79. The Morgan fingerprint density at radius 2 is 2.41 bits per heavy atom. The highest BCUT2D eigenvalue weighted by Crippen LogP contribution is 2.26. The molecule has 2 heterocycles. The quantitative estimate of drug-likeness (QED) is 0.898. The highest BCUT2D eigenvalue weighted by molar-refractivity contribution is 6.31. The van der Waals surface area contributed by atoms with Crippen LogP contribution in [-0.2, 0) is 16.0 Å². The first-order valence-electron chi connectivity index (χ1n) is 6.83. The lowest BCUT2D eigenvalue weighted by Crippen LogP contribution is -2.38. The summed E-state index contributed by atoms with van der Waals surface area (Å²) < 4.78 is 18.6. The van der Waals surface area contributed by atoms with E-state index >= 15 is 0 Å². The Hall–Kier alpha value is -1.99. The number of benzene rings is 1. The molecule has 1 aromatic heterocycles. The van der Waals surface area contributed by atoms with E-state index in [1.54, 1.807) is 0 Å². The summed E-state index contributed by atoms with van der Waals surface area (Å²) in [4.78, 5) is 16.2. The molecule has 1 aliphatic heterocycles. The van der Waals surface area contributed by atoms with E-state index < -0.39 is 5.82 Å². The maximum atomic E-state index is 13.0. The first-order valence-corrected chi connectivity index (χ1v) is 7.21. The van der Waals surface area contributed by atoms with Gasteiger partial charge in [0.25, 0.3) is 0 Å². The van der Waals surface area contributed by atoms with Crippen molar-refractivity contribution in [1.29, 1.82) is 0 Å². The normalized spacial score (nSPS) is 21.0. The van der Waals surface area contributed by atoms with E-state index in [1.807, 2.05) is 0 Å². The van der Waals surface area contributed by atoms with Gasteiger partial charge in [0, 0.05) is 11.6 Å². The second-order valence-corrected chi connectivity index (χ2v) is 5.44. The first kappa shape index (κ1) is 14.9. The zero-order valence-corrected chi connectivity index (χ0v) is 12.3. The lowest BCUT2D eigenvalue weighted by Gasteiger charge is -2.18. The Labute approximate surface area is 131 Å². The first-order chi connectivity index (χ1) is 10.6. The number of H-pyrrole nitrogens is 1. The number of halogens is 2. The lowest BCUT2D eigenvalue weighted by molar-refractivity contribution is -0.121. The van der Waals surface area contributed by atoms with Crippen LogP contribution in [0.3, 0.4) is 0 Å². The van der Waals surface area contributed by atoms with E-state index in [9.17, 15) is 9.18 Å². The van der Waals surface area contributed by atoms with Crippen molar-refractivity contribution in [3.05, 3.63) is 46.8 Å². The van der Waals surface area contributed by atoms with Crippen molar-refractivity contribution >= 4 is 17.5 Å². The van der Waals surface area contributed by atoms with E-state index in [1.165, 1.54) is 24.5 Å². The number of carbonyl (C=O) groups is 1. The van der Waals surface area contributed by atoms with Crippen LogP contribution in [0, 0.1) is 5.82 Å². The van der Waals surface area contributed by atoms with Crippen LogP contribution in [0.4, 0.5) is 4.39 Å². The number of carbonyl (C=O) groups excluding carboxylic acids is 1. The van der Waals surface area contributed by atoms with Gasteiger partial charge in [-0.25, -0.2) is 9.37 Å². The average Bonchev–Trinajstić information content (AvgIpc) is 3.12. The molecule has 0 saturated carbocycles. The van der Waals surface area contributed by atoms with Crippen LogP contribution in [0.1, 0.15) is 23.9 Å². The second kappa shape index (κ2) is 6.41. The Kier molecular flexibility index (Phi) is 4.35. The average molecular weight is 325 g/mol. The third-order valence-corrected chi connectivity index (χ3v) is 3.86. The van der Waals surface area contributed by atoms with Crippen molar-refractivity contribution in [2.24, 2.45) is 0 Å². The molecule has 8 heteroatoms. The van der Waals surface area contributed by atoms with Crippen LogP contribution in [0.5, 0.6) is 0 Å². The molecule has 1 aliphatic rings. The molecule has 2 aromatic rings. The highest BCUT2D eigenvalue weighted by atomic mass is 35.5. The minimum atomic E-state index is -0.427. The Morgan fingerprint density at radius 3 is 3.14 bits per heavy atom. The third kappa shape index (κ3) is 3.26. The molecule has 1 amide bonds. The van der Waals surface area contributed by atoms with Crippen molar-refractivity contribution in [3.63, 3.8) is 0 Å². The van der Waals surface area contributed by atoms with Crippen molar-refractivity contribution in [2.75, 3.05) is 6.61 Å². The minimum Gasteiger partial charge on any atom is -0.368 e. The summed E-state index contributed by atoms with van der Waals surface area (Å²) in [6.07, 6.45) is 1.83. The van der Waals surface area contributed by atoms with Gasteiger partial charge in [0.15, 0.2) is 5.82 Å². The van der Waals surface area contributed by atoms with Gasteiger partial charge in [0.2, 0.25) is 5.91 Å². The number of amides is 1. The van der Waals surface area contributed by atoms with Gasteiger partial charge < -0.3 is 10.1 Å². The molecule has 1 saturated heterocycles. The van der Waals surface area contributed by atoms with Gasteiger partial charge >= 0.3 is 0 Å². The van der Waals surface area contributed by atoms with Crippen LogP contribution in [-0.4, -0.2) is 33.7 Å². The van der Waals surface area contributed by atoms with E-state index in [0.29, 0.717) is 24.4 Å². The molecular formula is C14H14ClFN4O2. The topological polar surface area (TPSA) is 79.9 Å². The molecule has 1 aromatic carbocycles. The summed E-state index contributed by atoms with van der Waals surface area (Å²) in [5, 5.41) is 9.68. The number of hydrogen-bond donors (Lipinski definition) is 2. The molecular weight excluding hydrogens is 311 g/mol. The summed E-state index contributed by atoms with van der Waals surface area (Å²) in [7, 11) is 0. The molecule has 22 heavy (non-hydrogen) atoms. The smallest absolute Gasteiger partial charge is 0.224 e. The van der Waals surface area contributed by atoms with E-state index in [2.05, 4.69) is 20.5 Å². The summed E-state index contributed by atoms with van der Waals surface area (Å²) in [5.74, 6) is -0.0418. The molecule has 116 valence electrons. The molecule has 0 bridgehead atoms. The number of nitrogens with zero attached hydrogens (tertiary/aromatic N) is 2. The zero-order chi connectivity index (χ0) is 15.5. The Morgan fingerprint density at radius 1 is 1.55 bits per heavy atom. The van der Waals surface area contributed by atoms with Crippen LogP contribution < -0.4 is 5.32 Å². The summed E-state index contributed by atoms with van der Waals surface area (Å²) in [5.41, 5.74) is 0.579.